The van der Waals surface area contributed by atoms with Gasteiger partial charge in [-0.1, -0.05) is 17.7 Å². The maximum Gasteiger partial charge on any atom is 0.290 e. The molecule has 2 fully saturated rings. The summed E-state index contributed by atoms with van der Waals surface area (Å²) < 4.78 is 0. The summed E-state index contributed by atoms with van der Waals surface area (Å²) in [5.41, 5.74) is 7.75. The van der Waals surface area contributed by atoms with Crippen LogP contribution in [0.4, 0.5) is 10.5 Å². The second kappa shape index (κ2) is 5.71. The van der Waals surface area contributed by atoms with Crippen molar-refractivity contribution in [2.24, 2.45) is 5.73 Å². The second-order valence-electron chi connectivity index (χ2n) is 5.05. The van der Waals surface area contributed by atoms with Gasteiger partial charge in [-0.15, -0.1) is 0 Å². The van der Waals surface area contributed by atoms with Gasteiger partial charge in [-0.2, -0.15) is 0 Å². The molecule has 5 nitrogen and oxygen atoms in total. The molecule has 0 radical (unpaired) electrons. The van der Waals surface area contributed by atoms with Gasteiger partial charge in [0.2, 0.25) is 0 Å². The van der Waals surface area contributed by atoms with Crippen LogP contribution in [0.3, 0.4) is 0 Å². The first-order valence-electron chi connectivity index (χ1n) is 6.58. The summed E-state index contributed by atoms with van der Waals surface area (Å²) in [5, 5.41) is 2.54. The highest BCUT2D eigenvalue weighted by Crippen LogP contribution is 2.32. The Hall–Kier alpha value is -1.50. The number of benzene rings is 1. The summed E-state index contributed by atoms with van der Waals surface area (Å²) in [6.07, 6.45) is 2.65. The molecule has 1 aromatic rings. The molecule has 0 aliphatic carbocycles. The van der Waals surface area contributed by atoms with Gasteiger partial charge < -0.3 is 10.6 Å². The summed E-state index contributed by atoms with van der Waals surface area (Å²) in [4.78, 5) is 25.4. The van der Waals surface area contributed by atoms with Crippen LogP contribution in [0.1, 0.15) is 12.0 Å². The van der Waals surface area contributed by atoms with Crippen molar-refractivity contribution in [2.45, 2.75) is 12.5 Å². The number of nitrogens with zero attached hydrogens (tertiary/aromatic N) is 1. The highest BCUT2D eigenvalue weighted by molar-refractivity contribution is 8.18. The van der Waals surface area contributed by atoms with Gasteiger partial charge in [0.15, 0.2) is 0 Å². The number of thioether (sulfide) groups is 1. The van der Waals surface area contributed by atoms with Crippen molar-refractivity contribution >= 4 is 46.3 Å². The van der Waals surface area contributed by atoms with E-state index >= 15 is 0 Å². The van der Waals surface area contributed by atoms with Gasteiger partial charge in [0.25, 0.3) is 11.1 Å². The molecule has 110 valence electrons. The molecule has 2 saturated heterocycles. The zero-order valence-corrected chi connectivity index (χ0v) is 12.7. The molecule has 1 atom stereocenters. The zero-order chi connectivity index (χ0) is 15.0. The monoisotopic (exact) mass is 323 g/mol. The van der Waals surface area contributed by atoms with E-state index in [9.17, 15) is 9.59 Å². The standard InChI is InChI=1S/C14H14ClN3O2S/c15-9-2-1-8(5-12-13(19)17-14(20)21-12)11(6-9)18-4-3-10(16)7-18/h1-2,5-6,10H,3-4,7,16H2,(H,17,19,20)/b12-5+. The average molecular weight is 324 g/mol. The van der Waals surface area contributed by atoms with E-state index in [0.717, 1.165) is 42.5 Å². The molecule has 1 aromatic carbocycles. The van der Waals surface area contributed by atoms with Crippen LogP contribution in [0.5, 0.6) is 0 Å². The van der Waals surface area contributed by atoms with E-state index in [4.69, 9.17) is 17.3 Å². The van der Waals surface area contributed by atoms with Crippen LogP contribution in [-0.2, 0) is 4.79 Å². The smallest absolute Gasteiger partial charge is 0.290 e. The van der Waals surface area contributed by atoms with E-state index in [1.807, 2.05) is 12.1 Å². The minimum Gasteiger partial charge on any atom is -0.369 e. The summed E-state index contributed by atoms with van der Waals surface area (Å²) >= 11 is 6.99. The van der Waals surface area contributed by atoms with Crippen LogP contribution in [0, 0.1) is 0 Å². The van der Waals surface area contributed by atoms with Crippen molar-refractivity contribution in [2.75, 3.05) is 18.0 Å². The molecule has 2 aliphatic heterocycles. The average Bonchev–Trinajstić information content (AvgIpc) is 2.98. The largest absolute Gasteiger partial charge is 0.369 e. The Morgan fingerprint density at radius 2 is 2.24 bits per heavy atom. The van der Waals surface area contributed by atoms with Crippen LogP contribution in [0.15, 0.2) is 23.1 Å². The van der Waals surface area contributed by atoms with E-state index < -0.39 is 0 Å². The van der Waals surface area contributed by atoms with Crippen LogP contribution >= 0.6 is 23.4 Å². The number of nitrogens with two attached hydrogens (primary N) is 1. The zero-order valence-electron chi connectivity index (χ0n) is 11.1. The van der Waals surface area contributed by atoms with Crippen LogP contribution in [0.25, 0.3) is 6.08 Å². The lowest BCUT2D eigenvalue weighted by molar-refractivity contribution is -0.115. The van der Waals surface area contributed by atoms with Crippen LogP contribution < -0.4 is 16.0 Å². The number of hydrogen-bond acceptors (Lipinski definition) is 5. The van der Waals surface area contributed by atoms with Crippen LogP contribution in [-0.4, -0.2) is 30.3 Å². The Morgan fingerprint density at radius 3 is 2.86 bits per heavy atom. The van der Waals surface area contributed by atoms with Crippen molar-refractivity contribution < 1.29 is 9.59 Å². The van der Waals surface area contributed by atoms with Crippen LogP contribution in [0.2, 0.25) is 5.02 Å². The summed E-state index contributed by atoms with van der Waals surface area (Å²) in [7, 11) is 0. The van der Waals surface area contributed by atoms with E-state index in [2.05, 4.69) is 10.2 Å². The molecule has 1 unspecified atom stereocenters. The lowest BCUT2D eigenvalue weighted by Gasteiger charge is -2.21. The number of rotatable bonds is 2. The fraction of sp³-hybridized carbons (Fsp3) is 0.286. The van der Waals surface area contributed by atoms with E-state index in [1.165, 1.54) is 0 Å². The molecule has 2 heterocycles. The molecule has 0 bridgehead atoms. The lowest BCUT2D eigenvalue weighted by Crippen LogP contribution is -2.26. The molecule has 3 N–H and O–H groups in total. The van der Waals surface area contributed by atoms with Crippen molar-refractivity contribution in [3.05, 3.63) is 33.7 Å². The van der Waals surface area contributed by atoms with E-state index in [1.54, 1.807) is 12.1 Å². The van der Waals surface area contributed by atoms with Gasteiger partial charge >= 0.3 is 0 Å². The number of amides is 2. The Balaban J connectivity index is 1.97. The molecule has 7 heteroatoms. The number of halogens is 1. The molecular formula is C14H14ClN3O2S. The molecule has 0 aromatic heterocycles. The third-order valence-electron chi connectivity index (χ3n) is 3.49. The molecule has 0 saturated carbocycles. The van der Waals surface area contributed by atoms with Crippen molar-refractivity contribution in [3.63, 3.8) is 0 Å². The Kier molecular flexibility index (Phi) is 3.93. The molecular weight excluding hydrogens is 310 g/mol. The Labute approximate surface area is 131 Å². The van der Waals surface area contributed by atoms with E-state index in [0.29, 0.717) is 9.93 Å². The highest BCUT2D eigenvalue weighted by atomic mass is 35.5. The van der Waals surface area contributed by atoms with Gasteiger partial charge in [0, 0.05) is 29.8 Å². The second-order valence-corrected chi connectivity index (χ2v) is 6.50. The molecule has 2 aliphatic rings. The number of imide groups is 1. The van der Waals surface area contributed by atoms with Crippen molar-refractivity contribution in [3.8, 4) is 0 Å². The summed E-state index contributed by atoms with van der Waals surface area (Å²) in [5.74, 6) is -0.357. The third kappa shape index (κ3) is 3.07. The number of carbonyl (C=O) groups excluding carboxylic acids is 2. The highest BCUT2D eigenvalue weighted by Gasteiger charge is 2.26. The molecule has 21 heavy (non-hydrogen) atoms. The quantitative estimate of drug-likeness (QED) is 0.816. The van der Waals surface area contributed by atoms with Gasteiger partial charge in [-0.3, -0.25) is 14.9 Å². The predicted octanol–water partition coefficient (Wildman–Crippen LogP) is 2.20. The Bertz CT molecular complexity index is 647. The van der Waals surface area contributed by atoms with Gasteiger partial charge in [-0.25, -0.2) is 0 Å². The number of anilines is 1. The van der Waals surface area contributed by atoms with Gasteiger partial charge in [-0.05, 0) is 42.0 Å². The first kappa shape index (κ1) is 14.4. The first-order valence-corrected chi connectivity index (χ1v) is 7.77. The molecule has 0 spiro atoms. The minimum atomic E-state index is -0.357. The third-order valence-corrected chi connectivity index (χ3v) is 4.53. The summed E-state index contributed by atoms with van der Waals surface area (Å²) in [6, 6.07) is 5.64. The SMILES string of the molecule is NC1CCN(c2cc(Cl)ccc2/C=C2/SC(=O)NC2=O)C1. The fourth-order valence-electron chi connectivity index (χ4n) is 2.48. The minimum absolute atomic E-state index is 0.148. The summed E-state index contributed by atoms with van der Waals surface area (Å²) in [6.45, 7) is 1.62. The normalized spacial score (nSPS) is 24.0. The van der Waals surface area contributed by atoms with Crippen molar-refractivity contribution in [1.29, 1.82) is 0 Å². The van der Waals surface area contributed by atoms with Crippen molar-refractivity contribution in [1.82, 2.24) is 5.32 Å². The molecule has 3 rings (SSSR count). The number of carbonyl (C=O) groups is 2. The number of hydrogen-bond donors (Lipinski definition) is 2. The van der Waals surface area contributed by atoms with Gasteiger partial charge in [0.1, 0.15) is 0 Å². The predicted molar refractivity (Wildman–Crippen MR) is 85.4 cm³/mol. The van der Waals surface area contributed by atoms with Gasteiger partial charge in [0.05, 0.1) is 4.91 Å². The lowest BCUT2D eigenvalue weighted by atomic mass is 10.1. The molecule has 2 amide bonds. The topological polar surface area (TPSA) is 75.4 Å². The Morgan fingerprint density at radius 1 is 1.43 bits per heavy atom. The maximum atomic E-state index is 11.7. The maximum absolute atomic E-state index is 11.7. The number of nitrogens with one attached hydrogen (secondary N) is 1. The van der Waals surface area contributed by atoms with E-state index in [-0.39, 0.29) is 17.2 Å². The fourth-order valence-corrected chi connectivity index (χ4v) is 3.32. The first-order chi connectivity index (χ1) is 10.0.